The molecule has 4 nitrogen and oxygen atoms in total. The number of benzene rings is 1. The van der Waals surface area contributed by atoms with E-state index in [4.69, 9.17) is 4.42 Å². The highest BCUT2D eigenvalue weighted by Crippen LogP contribution is 2.25. The Morgan fingerprint density at radius 2 is 1.86 bits per heavy atom. The van der Waals surface area contributed by atoms with Gasteiger partial charge in [-0.05, 0) is 45.2 Å². The SMILES string of the molecule is C[C@@H]1CCC[C@H](C)N1C(=O)c1cc(=O)c2ccccc2o1. The molecule has 0 unspecified atom stereocenters. The van der Waals surface area contributed by atoms with Crippen LogP contribution in [0.3, 0.4) is 0 Å². The number of hydrogen-bond acceptors (Lipinski definition) is 3. The number of carbonyl (C=O) groups is 1. The third-order valence-corrected chi connectivity index (χ3v) is 4.27. The average Bonchev–Trinajstić information content (AvgIpc) is 2.47. The van der Waals surface area contributed by atoms with E-state index in [0.29, 0.717) is 11.0 Å². The molecule has 0 saturated carbocycles. The summed E-state index contributed by atoms with van der Waals surface area (Å²) in [5.74, 6) is -0.0446. The number of likely N-dealkylation sites (tertiary alicyclic amines) is 1. The van der Waals surface area contributed by atoms with Gasteiger partial charge >= 0.3 is 0 Å². The normalized spacial score (nSPS) is 22.5. The summed E-state index contributed by atoms with van der Waals surface area (Å²) >= 11 is 0. The lowest BCUT2D eigenvalue weighted by Crippen LogP contribution is -2.47. The van der Waals surface area contributed by atoms with Crippen molar-refractivity contribution in [2.45, 2.75) is 45.2 Å². The van der Waals surface area contributed by atoms with Crippen molar-refractivity contribution in [2.24, 2.45) is 0 Å². The van der Waals surface area contributed by atoms with Crippen LogP contribution in [0.1, 0.15) is 43.7 Å². The van der Waals surface area contributed by atoms with Crippen LogP contribution >= 0.6 is 0 Å². The summed E-state index contributed by atoms with van der Waals surface area (Å²) in [6, 6.07) is 8.69. The largest absolute Gasteiger partial charge is 0.451 e. The number of amides is 1. The van der Waals surface area contributed by atoms with Crippen molar-refractivity contribution >= 4 is 16.9 Å². The molecule has 1 aromatic carbocycles. The van der Waals surface area contributed by atoms with Crippen molar-refractivity contribution in [2.75, 3.05) is 0 Å². The maximum absolute atomic E-state index is 12.7. The Morgan fingerprint density at radius 3 is 2.57 bits per heavy atom. The van der Waals surface area contributed by atoms with Gasteiger partial charge < -0.3 is 9.32 Å². The minimum atomic E-state index is -0.183. The third-order valence-electron chi connectivity index (χ3n) is 4.27. The number of rotatable bonds is 1. The Bertz CT molecular complexity index is 724. The molecule has 1 saturated heterocycles. The Labute approximate surface area is 123 Å². The second kappa shape index (κ2) is 5.35. The molecule has 1 aliphatic heterocycles. The maximum atomic E-state index is 12.7. The number of fused-ring (bicyclic) bond motifs is 1. The molecule has 0 N–H and O–H groups in total. The fraction of sp³-hybridized carbons (Fsp3) is 0.412. The summed E-state index contributed by atoms with van der Waals surface area (Å²) < 4.78 is 5.66. The van der Waals surface area contributed by atoms with Crippen molar-refractivity contribution < 1.29 is 9.21 Å². The van der Waals surface area contributed by atoms with E-state index in [2.05, 4.69) is 0 Å². The first kappa shape index (κ1) is 13.9. The Balaban J connectivity index is 2.03. The summed E-state index contributed by atoms with van der Waals surface area (Å²) in [5, 5.41) is 0.508. The standard InChI is InChI=1S/C17H19NO3/c1-11-6-5-7-12(2)18(11)17(20)16-10-14(19)13-8-3-4-9-15(13)21-16/h3-4,8-12H,5-7H2,1-2H3/t11-,12+. The van der Waals surface area contributed by atoms with Crippen LogP contribution in [-0.4, -0.2) is 22.9 Å². The molecule has 1 aliphatic rings. The molecule has 21 heavy (non-hydrogen) atoms. The number of nitrogens with zero attached hydrogens (tertiary/aromatic N) is 1. The van der Waals surface area contributed by atoms with Crippen molar-refractivity contribution in [3.8, 4) is 0 Å². The van der Waals surface area contributed by atoms with E-state index in [1.54, 1.807) is 24.3 Å². The van der Waals surface area contributed by atoms with Crippen LogP contribution in [0.2, 0.25) is 0 Å². The highest BCUT2D eigenvalue weighted by Gasteiger charge is 2.31. The third kappa shape index (κ3) is 2.46. The second-order valence-corrected chi connectivity index (χ2v) is 5.81. The first-order valence-electron chi connectivity index (χ1n) is 7.43. The molecule has 2 heterocycles. The number of para-hydroxylation sites is 1. The molecule has 4 heteroatoms. The molecule has 0 spiro atoms. The van der Waals surface area contributed by atoms with Gasteiger partial charge in [0.1, 0.15) is 5.58 Å². The molecule has 0 bridgehead atoms. The summed E-state index contributed by atoms with van der Waals surface area (Å²) in [6.45, 7) is 4.10. The molecule has 1 aromatic heterocycles. The van der Waals surface area contributed by atoms with Crippen LogP contribution in [0.25, 0.3) is 11.0 Å². The maximum Gasteiger partial charge on any atom is 0.290 e. The Kier molecular flexibility index (Phi) is 3.53. The van der Waals surface area contributed by atoms with E-state index in [1.165, 1.54) is 6.07 Å². The topological polar surface area (TPSA) is 50.5 Å². The van der Waals surface area contributed by atoms with Gasteiger partial charge in [0.25, 0.3) is 5.91 Å². The van der Waals surface area contributed by atoms with E-state index < -0.39 is 0 Å². The van der Waals surface area contributed by atoms with E-state index in [-0.39, 0.29) is 29.2 Å². The monoisotopic (exact) mass is 285 g/mol. The van der Waals surface area contributed by atoms with Gasteiger partial charge in [0.05, 0.1) is 5.39 Å². The van der Waals surface area contributed by atoms with E-state index in [0.717, 1.165) is 19.3 Å². The van der Waals surface area contributed by atoms with Gasteiger partial charge in [0.15, 0.2) is 11.2 Å². The van der Waals surface area contributed by atoms with Gasteiger partial charge in [-0.3, -0.25) is 9.59 Å². The van der Waals surface area contributed by atoms with Crippen LogP contribution in [0, 0.1) is 0 Å². The summed E-state index contributed by atoms with van der Waals surface area (Å²) in [6.07, 6.45) is 3.12. The van der Waals surface area contributed by atoms with Gasteiger partial charge in [-0.25, -0.2) is 0 Å². The van der Waals surface area contributed by atoms with E-state index in [9.17, 15) is 9.59 Å². The molecule has 2 aromatic rings. The van der Waals surface area contributed by atoms with Crippen molar-refractivity contribution in [1.29, 1.82) is 0 Å². The quantitative estimate of drug-likeness (QED) is 0.808. The lowest BCUT2D eigenvalue weighted by atomic mass is 9.97. The molecule has 0 aliphatic carbocycles. The van der Waals surface area contributed by atoms with Crippen LogP contribution in [-0.2, 0) is 0 Å². The lowest BCUT2D eigenvalue weighted by Gasteiger charge is -2.38. The van der Waals surface area contributed by atoms with Crippen LogP contribution in [0.4, 0.5) is 0 Å². The number of hydrogen-bond donors (Lipinski definition) is 0. The first-order chi connectivity index (χ1) is 10.1. The summed E-state index contributed by atoms with van der Waals surface area (Å²) in [5.41, 5.74) is 0.295. The smallest absolute Gasteiger partial charge is 0.290 e. The van der Waals surface area contributed by atoms with Crippen LogP contribution in [0.5, 0.6) is 0 Å². The highest BCUT2D eigenvalue weighted by molar-refractivity contribution is 5.93. The van der Waals surface area contributed by atoms with Crippen LogP contribution in [0.15, 0.2) is 39.5 Å². The second-order valence-electron chi connectivity index (χ2n) is 5.81. The number of carbonyl (C=O) groups excluding carboxylic acids is 1. The van der Waals surface area contributed by atoms with Crippen LogP contribution < -0.4 is 5.43 Å². The molecule has 110 valence electrons. The van der Waals surface area contributed by atoms with Gasteiger partial charge in [0.2, 0.25) is 0 Å². The molecule has 1 amide bonds. The zero-order chi connectivity index (χ0) is 15.0. The molecule has 2 atom stereocenters. The molecule has 1 fully saturated rings. The van der Waals surface area contributed by atoms with Crippen molar-refractivity contribution in [1.82, 2.24) is 4.90 Å². The van der Waals surface area contributed by atoms with Gasteiger partial charge in [0, 0.05) is 18.2 Å². The Morgan fingerprint density at radius 1 is 1.19 bits per heavy atom. The fourth-order valence-corrected chi connectivity index (χ4v) is 3.16. The van der Waals surface area contributed by atoms with Gasteiger partial charge in [-0.1, -0.05) is 12.1 Å². The predicted molar refractivity (Wildman–Crippen MR) is 81.4 cm³/mol. The zero-order valence-corrected chi connectivity index (χ0v) is 12.3. The van der Waals surface area contributed by atoms with Crippen molar-refractivity contribution in [3.63, 3.8) is 0 Å². The summed E-state index contributed by atoms with van der Waals surface area (Å²) in [7, 11) is 0. The van der Waals surface area contributed by atoms with Crippen molar-refractivity contribution in [3.05, 3.63) is 46.3 Å². The lowest BCUT2D eigenvalue weighted by molar-refractivity contribution is 0.0479. The average molecular weight is 285 g/mol. The predicted octanol–water partition coefficient (Wildman–Crippen LogP) is 3.20. The van der Waals surface area contributed by atoms with E-state index >= 15 is 0 Å². The molecular formula is C17H19NO3. The number of piperidine rings is 1. The molecular weight excluding hydrogens is 266 g/mol. The van der Waals surface area contributed by atoms with Gasteiger partial charge in [-0.15, -0.1) is 0 Å². The Hall–Kier alpha value is -2.10. The minimum absolute atomic E-state index is 0.138. The summed E-state index contributed by atoms with van der Waals surface area (Å²) in [4.78, 5) is 26.7. The van der Waals surface area contributed by atoms with E-state index in [1.807, 2.05) is 18.7 Å². The molecule has 0 radical (unpaired) electrons. The minimum Gasteiger partial charge on any atom is -0.451 e. The zero-order valence-electron chi connectivity index (χ0n) is 12.3. The fourth-order valence-electron chi connectivity index (χ4n) is 3.16. The first-order valence-corrected chi connectivity index (χ1v) is 7.43. The van der Waals surface area contributed by atoms with Gasteiger partial charge in [-0.2, -0.15) is 0 Å². The molecule has 3 rings (SSSR count). The highest BCUT2D eigenvalue weighted by atomic mass is 16.3.